The molecule has 1 saturated heterocycles. The summed E-state index contributed by atoms with van der Waals surface area (Å²) in [5.74, 6) is -3.10. The summed E-state index contributed by atoms with van der Waals surface area (Å²) < 4.78 is 5.51. The Hall–Kier alpha value is -3.88. The number of aliphatic carboxylic acids is 1. The maximum absolute atomic E-state index is 12.9. The summed E-state index contributed by atoms with van der Waals surface area (Å²) in [4.78, 5) is 48.5. The number of fused-ring (bicyclic) bond motifs is 3. The topological polar surface area (TPSA) is 125 Å². The fraction of sp³-hybridized carbons (Fsp3) is 0.360. The van der Waals surface area contributed by atoms with E-state index in [2.05, 4.69) is 22.9 Å². The van der Waals surface area contributed by atoms with Crippen LogP contribution in [0.15, 0.2) is 48.5 Å². The number of ether oxygens (including phenoxy) is 1. The van der Waals surface area contributed by atoms with Gasteiger partial charge in [-0.1, -0.05) is 61.9 Å². The van der Waals surface area contributed by atoms with E-state index in [-0.39, 0.29) is 25.5 Å². The number of carboxylic acid groups (broad SMARTS) is 1. The molecule has 9 heteroatoms. The highest BCUT2D eigenvalue weighted by molar-refractivity contribution is 5.94. The van der Waals surface area contributed by atoms with Crippen molar-refractivity contribution in [2.45, 2.75) is 38.1 Å². The molecule has 2 atom stereocenters. The maximum atomic E-state index is 12.9. The predicted octanol–water partition coefficient (Wildman–Crippen LogP) is 2.66. The Labute approximate surface area is 197 Å². The van der Waals surface area contributed by atoms with E-state index in [1.165, 1.54) is 0 Å². The summed E-state index contributed by atoms with van der Waals surface area (Å²) in [5.41, 5.74) is 6.76. The summed E-state index contributed by atoms with van der Waals surface area (Å²) in [6.45, 7) is 2.00. The van der Waals surface area contributed by atoms with Crippen LogP contribution in [0.1, 0.15) is 43.2 Å². The van der Waals surface area contributed by atoms with E-state index in [1.807, 2.05) is 43.3 Å². The smallest absolute Gasteiger partial charge is 0.407 e. The lowest BCUT2D eigenvalue weighted by atomic mass is 9.98. The van der Waals surface area contributed by atoms with Gasteiger partial charge in [-0.2, -0.15) is 0 Å². The average Bonchev–Trinajstić information content (AvgIpc) is 3.38. The Morgan fingerprint density at radius 2 is 1.74 bits per heavy atom. The highest BCUT2D eigenvalue weighted by atomic mass is 16.5. The van der Waals surface area contributed by atoms with E-state index < -0.39 is 35.8 Å². The van der Waals surface area contributed by atoms with Crippen molar-refractivity contribution in [1.82, 2.24) is 15.8 Å². The molecule has 4 rings (SSSR count). The van der Waals surface area contributed by atoms with Crippen molar-refractivity contribution in [3.63, 3.8) is 0 Å². The maximum Gasteiger partial charge on any atom is 0.407 e. The van der Waals surface area contributed by atoms with Crippen molar-refractivity contribution >= 4 is 23.9 Å². The van der Waals surface area contributed by atoms with Gasteiger partial charge in [0.25, 0.3) is 0 Å². The number of nitrogens with zero attached hydrogens (tertiary/aromatic N) is 1. The van der Waals surface area contributed by atoms with Crippen molar-refractivity contribution in [1.29, 1.82) is 0 Å². The molecule has 1 heterocycles. The van der Waals surface area contributed by atoms with Gasteiger partial charge in [0.05, 0.1) is 12.3 Å². The van der Waals surface area contributed by atoms with Gasteiger partial charge in [-0.3, -0.25) is 15.0 Å². The van der Waals surface area contributed by atoms with Gasteiger partial charge in [0, 0.05) is 12.5 Å². The normalized spacial score (nSPS) is 17.5. The minimum absolute atomic E-state index is 0.0257. The van der Waals surface area contributed by atoms with Gasteiger partial charge in [-0.15, -0.1) is 0 Å². The molecule has 9 nitrogen and oxygen atoms in total. The van der Waals surface area contributed by atoms with Crippen LogP contribution >= 0.6 is 0 Å². The van der Waals surface area contributed by atoms with E-state index in [4.69, 9.17) is 4.74 Å². The Morgan fingerprint density at radius 3 is 2.32 bits per heavy atom. The first-order chi connectivity index (χ1) is 16.4. The molecule has 2 aromatic rings. The quantitative estimate of drug-likeness (QED) is 0.551. The lowest BCUT2D eigenvalue weighted by Crippen LogP contribution is -2.51. The van der Waals surface area contributed by atoms with E-state index in [9.17, 15) is 24.3 Å². The molecule has 34 heavy (non-hydrogen) atoms. The molecule has 3 N–H and O–H groups in total. The Kier molecular flexibility index (Phi) is 6.81. The highest BCUT2D eigenvalue weighted by Crippen LogP contribution is 2.44. The third-order valence-corrected chi connectivity index (χ3v) is 6.28. The summed E-state index contributed by atoms with van der Waals surface area (Å²) in [6.07, 6.45) is 0.111. The molecule has 2 aliphatic rings. The van der Waals surface area contributed by atoms with Gasteiger partial charge < -0.3 is 15.2 Å². The fourth-order valence-electron chi connectivity index (χ4n) is 4.65. The first-order valence-corrected chi connectivity index (χ1v) is 11.3. The minimum atomic E-state index is -1.26. The van der Waals surface area contributed by atoms with Crippen LogP contribution in [0.4, 0.5) is 4.79 Å². The number of nitrogens with one attached hydrogen (secondary N) is 2. The number of carbonyl (C=O) groups excluding carboxylic acids is 3. The number of alkyl carbamates (subject to hydrolysis) is 1. The fourth-order valence-corrected chi connectivity index (χ4v) is 4.65. The second-order valence-electron chi connectivity index (χ2n) is 8.49. The molecule has 1 aliphatic carbocycles. The van der Waals surface area contributed by atoms with Crippen molar-refractivity contribution in [3.8, 4) is 11.1 Å². The number of hydrazine groups is 1. The number of benzene rings is 2. The molecular weight excluding hydrogens is 438 g/mol. The molecule has 0 spiro atoms. The van der Waals surface area contributed by atoms with Crippen molar-refractivity contribution in [2.75, 3.05) is 13.2 Å². The predicted molar refractivity (Wildman–Crippen MR) is 122 cm³/mol. The molecular formula is C25H27N3O6. The summed E-state index contributed by atoms with van der Waals surface area (Å²) in [6, 6.07) is 14.8. The summed E-state index contributed by atoms with van der Waals surface area (Å²) in [5, 5.41) is 12.8. The monoisotopic (exact) mass is 465 g/mol. The molecule has 0 radical (unpaired) electrons. The van der Waals surface area contributed by atoms with E-state index in [0.717, 1.165) is 27.3 Å². The van der Waals surface area contributed by atoms with Gasteiger partial charge in [-0.25, -0.2) is 14.6 Å². The van der Waals surface area contributed by atoms with Crippen LogP contribution in [0, 0.1) is 5.92 Å². The van der Waals surface area contributed by atoms with Crippen LogP contribution in [0.2, 0.25) is 0 Å². The largest absolute Gasteiger partial charge is 0.480 e. The SMILES string of the molecule is CCCC(CNC(=O)OCC1c2ccccc2-c2ccccc21)C(=O)N1NC(=O)CC1C(=O)O. The van der Waals surface area contributed by atoms with Crippen LogP contribution in [0.3, 0.4) is 0 Å². The lowest BCUT2D eigenvalue weighted by molar-refractivity contribution is -0.152. The summed E-state index contributed by atoms with van der Waals surface area (Å²) in [7, 11) is 0. The van der Waals surface area contributed by atoms with Crippen LogP contribution < -0.4 is 10.7 Å². The van der Waals surface area contributed by atoms with E-state index in [1.54, 1.807) is 0 Å². The zero-order chi connectivity index (χ0) is 24.2. The van der Waals surface area contributed by atoms with Gasteiger partial charge in [-0.05, 0) is 28.7 Å². The van der Waals surface area contributed by atoms with Crippen molar-refractivity contribution in [2.24, 2.45) is 5.92 Å². The van der Waals surface area contributed by atoms with Gasteiger partial charge >= 0.3 is 12.1 Å². The third-order valence-electron chi connectivity index (χ3n) is 6.28. The van der Waals surface area contributed by atoms with Gasteiger partial charge in [0.1, 0.15) is 6.61 Å². The first kappa shape index (κ1) is 23.3. The Balaban J connectivity index is 1.37. The van der Waals surface area contributed by atoms with Crippen LogP contribution in [0.25, 0.3) is 11.1 Å². The molecule has 178 valence electrons. The van der Waals surface area contributed by atoms with E-state index in [0.29, 0.717) is 12.8 Å². The number of hydrogen-bond donors (Lipinski definition) is 3. The third kappa shape index (κ3) is 4.59. The zero-order valence-corrected chi connectivity index (χ0v) is 18.8. The van der Waals surface area contributed by atoms with Crippen LogP contribution in [-0.2, 0) is 19.1 Å². The van der Waals surface area contributed by atoms with Crippen molar-refractivity contribution < 1.29 is 29.0 Å². The molecule has 0 saturated carbocycles. The number of carbonyl (C=O) groups is 4. The second-order valence-corrected chi connectivity index (χ2v) is 8.49. The van der Waals surface area contributed by atoms with Crippen molar-refractivity contribution in [3.05, 3.63) is 59.7 Å². The van der Waals surface area contributed by atoms with Gasteiger partial charge in [0.15, 0.2) is 6.04 Å². The molecule has 2 aromatic carbocycles. The Bertz CT molecular complexity index is 1070. The van der Waals surface area contributed by atoms with Gasteiger partial charge in [0.2, 0.25) is 11.8 Å². The van der Waals surface area contributed by atoms with E-state index >= 15 is 0 Å². The molecule has 1 fully saturated rings. The standard InChI is InChI=1S/C25H27N3O6/c1-2-7-15(23(30)28-21(24(31)32)12-22(29)27-28)13-26-25(33)34-14-20-18-10-5-3-8-16(18)17-9-4-6-11-19(17)20/h3-6,8-11,15,20-21H,2,7,12-14H2,1H3,(H,26,33)(H,27,29)(H,31,32). The second kappa shape index (κ2) is 9.94. The van der Waals surface area contributed by atoms with Crippen LogP contribution in [-0.4, -0.2) is 53.2 Å². The first-order valence-electron chi connectivity index (χ1n) is 11.3. The minimum Gasteiger partial charge on any atom is -0.480 e. The number of carboxylic acids is 1. The number of amides is 3. The number of hydrogen-bond acceptors (Lipinski definition) is 5. The average molecular weight is 466 g/mol. The Morgan fingerprint density at radius 1 is 1.12 bits per heavy atom. The molecule has 0 bridgehead atoms. The molecule has 0 aromatic heterocycles. The molecule has 3 amide bonds. The molecule has 1 aliphatic heterocycles. The molecule has 2 unspecified atom stereocenters. The summed E-state index contributed by atoms with van der Waals surface area (Å²) >= 11 is 0. The zero-order valence-electron chi connectivity index (χ0n) is 18.8. The van der Waals surface area contributed by atoms with Crippen LogP contribution in [0.5, 0.6) is 0 Å². The lowest BCUT2D eigenvalue weighted by Gasteiger charge is -2.25. The number of rotatable bonds is 8. The highest BCUT2D eigenvalue weighted by Gasteiger charge is 2.41.